The zero-order valence-electron chi connectivity index (χ0n) is 12.4. The van der Waals surface area contributed by atoms with E-state index >= 15 is 0 Å². The minimum absolute atomic E-state index is 0.0537. The molecule has 0 unspecified atom stereocenters. The number of hydrogen-bond donors (Lipinski definition) is 1. The second-order valence-electron chi connectivity index (χ2n) is 4.66. The minimum atomic E-state index is -0.624. The Bertz CT molecular complexity index is 923. The van der Waals surface area contributed by atoms with Gasteiger partial charge in [0.1, 0.15) is 12.1 Å². The van der Waals surface area contributed by atoms with Crippen molar-refractivity contribution in [3.05, 3.63) is 68.7 Å². The molecule has 0 radical (unpaired) electrons. The molecule has 0 aliphatic heterocycles. The van der Waals surface area contributed by atoms with Crippen LogP contribution in [0, 0.1) is 10.1 Å². The molecule has 1 aromatic carbocycles. The van der Waals surface area contributed by atoms with Crippen LogP contribution in [0.2, 0.25) is 5.15 Å². The molecule has 3 aromatic rings. The highest BCUT2D eigenvalue weighted by molar-refractivity contribution is 9.10. The molecule has 1 N–H and O–H groups in total. The smallest absolute Gasteiger partial charge is 0.373 e. The fourth-order valence-electron chi connectivity index (χ4n) is 1.91. The Kier molecular flexibility index (Phi) is 5.05. The Morgan fingerprint density at radius 2 is 1.92 bits per heavy atom. The molecule has 126 valence electrons. The van der Waals surface area contributed by atoms with Crippen molar-refractivity contribution in [2.75, 3.05) is 5.32 Å². The van der Waals surface area contributed by atoms with Crippen LogP contribution < -0.4 is 10.1 Å². The van der Waals surface area contributed by atoms with Gasteiger partial charge in [-0.2, -0.15) is 4.98 Å². The predicted octanol–water partition coefficient (Wildman–Crippen LogP) is 4.73. The Labute approximate surface area is 155 Å². The summed E-state index contributed by atoms with van der Waals surface area (Å²) >= 11 is 9.27. The standard InChI is InChI=1S/C15H9BrClN5O3/c16-9-3-5-10(6-4-9)25-15-12(22(23)24)14(19-8-20-15)21-11-2-1-7-18-13(11)17/h1-8H,(H,19,20,21). The van der Waals surface area contributed by atoms with E-state index in [1.807, 2.05) is 0 Å². The number of rotatable bonds is 5. The maximum absolute atomic E-state index is 11.5. The molecule has 0 aliphatic carbocycles. The lowest BCUT2D eigenvalue weighted by molar-refractivity contribution is -0.385. The molecule has 8 nitrogen and oxygen atoms in total. The van der Waals surface area contributed by atoms with Crippen LogP contribution in [0.5, 0.6) is 11.6 Å². The zero-order valence-corrected chi connectivity index (χ0v) is 14.7. The van der Waals surface area contributed by atoms with E-state index in [0.29, 0.717) is 11.4 Å². The van der Waals surface area contributed by atoms with Gasteiger partial charge in [0.05, 0.1) is 10.6 Å². The van der Waals surface area contributed by atoms with E-state index in [0.717, 1.165) is 10.8 Å². The Hall–Kier alpha value is -2.78. The molecule has 0 amide bonds. The summed E-state index contributed by atoms with van der Waals surface area (Å²) in [5, 5.41) is 14.5. The summed E-state index contributed by atoms with van der Waals surface area (Å²) in [4.78, 5) is 22.6. The van der Waals surface area contributed by atoms with Crippen molar-refractivity contribution in [2.24, 2.45) is 0 Å². The number of anilines is 2. The van der Waals surface area contributed by atoms with E-state index in [1.165, 1.54) is 6.20 Å². The number of ether oxygens (including phenoxy) is 1. The Balaban J connectivity index is 1.98. The molecule has 0 saturated carbocycles. The fourth-order valence-corrected chi connectivity index (χ4v) is 2.35. The van der Waals surface area contributed by atoms with Gasteiger partial charge in [-0.15, -0.1) is 0 Å². The first-order valence-corrected chi connectivity index (χ1v) is 8.02. The van der Waals surface area contributed by atoms with E-state index < -0.39 is 10.6 Å². The van der Waals surface area contributed by atoms with Crippen molar-refractivity contribution in [3.63, 3.8) is 0 Å². The molecule has 2 aromatic heterocycles. The highest BCUT2D eigenvalue weighted by atomic mass is 79.9. The predicted molar refractivity (Wildman–Crippen MR) is 95.4 cm³/mol. The monoisotopic (exact) mass is 421 g/mol. The third-order valence-electron chi connectivity index (χ3n) is 3.01. The van der Waals surface area contributed by atoms with Crippen molar-refractivity contribution in [2.45, 2.75) is 0 Å². The quantitative estimate of drug-likeness (QED) is 0.360. The van der Waals surface area contributed by atoms with Crippen molar-refractivity contribution < 1.29 is 9.66 Å². The highest BCUT2D eigenvalue weighted by Gasteiger charge is 2.25. The first kappa shape index (κ1) is 17.1. The van der Waals surface area contributed by atoms with Crippen LogP contribution >= 0.6 is 27.5 Å². The molecule has 0 fully saturated rings. The topological polar surface area (TPSA) is 103 Å². The van der Waals surface area contributed by atoms with Crippen LogP contribution in [-0.4, -0.2) is 19.9 Å². The van der Waals surface area contributed by atoms with Crippen LogP contribution in [0.1, 0.15) is 0 Å². The second kappa shape index (κ2) is 7.41. The molecule has 25 heavy (non-hydrogen) atoms. The van der Waals surface area contributed by atoms with E-state index in [9.17, 15) is 10.1 Å². The SMILES string of the molecule is O=[N+]([O-])c1c(Nc2cccnc2Cl)ncnc1Oc1ccc(Br)cc1. The van der Waals surface area contributed by atoms with Crippen LogP contribution in [0.3, 0.4) is 0 Å². The first-order valence-electron chi connectivity index (χ1n) is 6.85. The average molecular weight is 423 g/mol. The van der Waals surface area contributed by atoms with Gasteiger partial charge in [0, 0.05) is 10.7 Å². The number of nitrogens with zero attached hydrogens (tertiary/aromatic N) is 4. The van der Waals surface area contributed by atoms with Crippen LogP contribution in [-0.2, 0) is 0 Å². The number of pyridine rings is 1. The van der Waals surface area contributed by atoms with Crippen molar-refractivity contribution in [1.82, 2.24) is 15.0 Å². The van der Waals surface area contributed by atoms with Gasteiger partial charge < -0.3 is 10.1 Å². The lowest BCUT2D eigenvalue weighted by atomic mass is 10.3. The lowest BCUT2D eigenvalue weighted by Crippen LogP contribution is -2.04. The number of nitrogens with one attached hydrogen (secondary N) is 1. The van der Waals surface area contributed by atoms with Gasteiger partial charge in [-0.05, 0) is 36.4 Å². The normalized spacial score (nSPS) is 10.3. The molecule has 2 heterocycles. The zero-order chi connectivity index (χ0) is 17.8. The molecule has 3 rings (SSSR count). The first-order chi connectivity index (χ1) is 12.0. The van der Waals surface area contributed by atoms with E-state index in [1.54, 1.807) is 36.4 Å². The van der Waals surface area contributed by atoms with Crippen LogP contribution in [0.4, 0.5) is 17.2 Å². The summed E-state index contributed by atoms with van der Waals surface area (Å²) in [6, 6.07) is 10.1. The lowest BCUT2D eigenvalue weighted by Gasteiger charge is -2.10. The summed E-state index contributed by atoms with van der Waals surface area (Å²) in [5.41, 5.74) is -0.0362. The third kappa shape index (κ3) is 4.01. The molecule has 0 saturated heterocycles. The molecular weight excluding hydrogens is 414 g/mol. The largest absolute Gasteiger partial charge is 0.434 e. The maximum atomic E-state index is 11.5. The number of hydrogen-bond acceptors (Lipinski definition) is 7. The van der Waals surface area contributed by atoms with Gasteiger partial charge >= 0.3 is 11.6 Å². The Morgan fingerprint density at radius 3 is 2.60 bits per heavy atom. The third-order valence-corrected chi connectivity index (χ3v) is 3.84. The summed E-state index contributed by atoms with van der Waals surface area (Å²) in [7, 11) is 0. The average Bonchev–Trinajstić information content (AvgIpc) is 2.59. The summed E-state index contributed by atoms with van der Waals surface area (Å²) in [6.45, 7) is 0. The van der Waals surface area contributed by atoms with Crippen molar-refractivity contribution in [3.8, 4) is 11.6 Å². The van der Waals surface area contributed by atoms with E-state index in [2.05, 4.69) is 36.2 Å². The maximum Gasteiger partial charge on any atom is 0.373 e. The van der Waals surface area contributed by atoms with Crippen LogP contribution in [0.15, 0.2) is 53.4 Å². The van der Waals surface area contributed by atoms with Gasteiger partial charge in [0.25, 0.3) is 0 Å². The molecule has 10 heteroatoms. The number of benzene rings is 1. The number of aromatic nitrogens is 3. The molecule has 0 spiro atoms. The molecule has 0 aliphatic rings. The fraction of sp³-hybridized carbons (Fsp3) is 0. The van der Waals surface area contributed by atoms with Gasteiger partial charge in [0.2, 0.25) is 5.82 Å². The number of halogens is 2. The highest BCUT2D eigenvalue weighted by Crippen LogP contribution is 2.36. The van der Waals surface area contributed by atoms with Gasteiger partial charge in [-0.25, -0.2) is 9.97 Å². The molecule has 0 atom stereocenters. The van der Waals surface area contributed by atoms with Gasteiger partial charge in [0.15, 0.2) is 5.15 Å². The summed E-state index contributed by atoms with van der Waals surface area (Å²) in [6.07, 6.45) is 2.66. The Morgan fingerprint density at radius 1 is 1.16 bits per heavy atom. The van der Waals surface area contributed by atoms with Gasteiger partial charge in [-0.3, -0.25) is 10.1 Å². The van der Waals surface area contributed by atoms with Gasteiger partial charge in [-0.1, -0.05) is 27.5 Å². The number of nitro groups is 1. The van der Waals surface area contributed by atoms with Crippen molar-refractivity contribution >= 4 is 44.7 Å². The molecule has 0 bridgehead atoms. The molecular formula is C15H9BrClN5O3. The summed E-state index contributed by atoms with van der Waals surface area (Å²) in [5.74, 6) is 0.155. The van der Waals surface area contributed by atoms with Crippen molar-refractivity contribution in [1.29, 1.82) is 0 Å². The van der Waals surface area contributed by atoms with Crippen LogP contribution in [0.25, 0.3) is 0 Å². The summed E-state index contributed by atoms with van der Waals surface area (Å²) < 4.78 is 6.38. The second-order valence-corrected chi connectivity index (χ2v) is 5.93. The van der Waals surface area contributed by atoms with E-state index in [4.69, 9.17) is 16.3 Å². The minimum Gasteiger partial charge on any atom is -0.434 e. The van der Waals surface area contributed by atoms with E-state index in [-0.39, 0.29) is 16.9 Å².